The van der Waals surface area contributed by atoms with Gasteiger partial charge in [-0.3, -0.25) is 14.4 Å². The Morgan fingerprint density at radius 3 is 2.71 bits per heavy atom. The Kier molecular flexibility index (Phi) is 5.13. The fourth-order valence-corrected chi connectivity index (χ4v) is 4.13. The van der Waals surface area contributed by atoms with Crippen LogP contribution in [-0.2, 0) is 4.74 Å². The van der Waals surface area contributed by atoms with Crippen LogP contribution in [-0.4, -0.2) is 68.2 Å². The molecule has 9 heteroatoms. The zero-order chi connectivity index (χ0) is 21.4. The number of nitrogens with one attached hydrogen (secondary N) is 1. The molecule has 1 N–H and O–H groups in total. The number of rotatable bonds is 6. The van der Waals surface area contributed by atoms with Gasteiger partial charge in [0.25, 0.3) is 0 Å². The summed E-state index contributed by atoms with van der Waals surface area (Å²) in [6.45, 7) is 2.78. The monoisotopic (exact) mass is 422 g/mol. The first kappa shape index (κ1) is 19.7. The molecule has 0 unspecified atom stereocenters. The largest absolute Gasteiger partial charge is 0.493 e. The van der Waals surface area contributed by atoms with E-state index in [-0.39, 0.29) is 6.17 Å². The standard InChI is InChI=1S/C22H26N6O3/c1-29-11-10-26-13-23-21-25-20(15-8-9-18(30-2)19(12-15)31-3)28-17-7-5-4-6-16(17)24-22(28)27(21)14-26/h4-9,12,20H,10-11,13-14H2,1-3H3,(H,23,25)/t20-/m0/s1. The van der Waals surface area contributed by atoms with Crippen LogP contribution in [0.2, 0.25) is 0 Å². The van der Waals surface area contributed by atoms with Crippen LogP contribution in [0.3, 0.4) is 0 Å². The normalized spacial score (nSPS) is 18.2. The van der Waals surface area contributed by atoms with Crippen molar-refractivity contribution in [2.45, 2.75) is 6.17 Å². The highest BCUT2D eigenvalue weighted by molar-refractivity contribution is 5.98. The fourth-order valence-electron chi connectivity index (χ4n) is 4.13. The summed E-state index contributed by atoms with van der Waals surface area (Å²) < 4.78 is 18.4. The number of benzene rings is 2. The average molecular weight is 422 g/mol. The van der Waals surface area contributed by atoms with Crippen molar-refractivity contribution in [2.75, 3.05) is 52.7 Å². The smallest absolute Gasteiger partial charge is 0.216 e. The maximum absolute atomic E-state index is 5.55. The van der Waals surface area contributed by atoms with Gasteiger partial charge in [-0.1, -0.05) is 18.2 Å². The molecule has 0 amide bonds. The van der Waals surface area contributed by atoms with Gasteiger partial charge in [-0.2, -0.15) is 0 Å². The Morgan fingerprint density at radius 1 is 1.06 bits per heavy atom. The molecule has 2 aliphatic rings. The second kappa shape index (κ2) is 8.09. The maximum atomic E-state index is 5.55. The molecular weight excluding hydrogens is 396 g/mol. The number of anilines is 1. The maximum Gasteiger partial charge on any atom is 0.216 e. The lowest BCUT2D eigenvalue weighted by Gasteiger charge is -2.41. The summed E-state index contributed by atoms with van der Waals surface area (Å²) >= 11 is 0. The molecule has 0 radical (unpaired) electrons. The zero-order valence-electron chi connectivity index (χ0n) is 17.9. The molecule has 0 bridgehead atoms. The van der Waals surface area contributed by atoms with Gasteiger partial charge in [0.1, 0.15) is 6.17 Å². The summed E-state index contributed by atoms with van der Waals surface area (Å²) in [5.41, 5.74) is 3.03. The second-order valence-corrected chi connectivity index (χ2v) is 7.51. The van der Waals surface area contributed by atoms with E-state index in [4.69, 9.17) is 24.2 Å². The van der Waals surface area contributed by atoms with Crippen molar-refractivity contribution >= 4 is 22.9 Å². The van der Waals surface area contributed by atoms with Crippen molar-refractivity contribution in [2.24, 2.45) is 4.99 Å². The van der Waals surface area contributed by atoms with E-state index in [1.54, 1.807) is 21.3 Å². The molecule has 3 aromatic rings. The summed E-state index contributed by atoms with van der Waals surface area (Å²) in [5.74, 6) is 3.06. The minimum Gasteiger partial charge on any atom is -0.493 e. The molecule has 31 heavy (non-hydrogen) atoms. The Morgan fingerprint density at radius 2 is 1.90 bits per heavy atom. The quantitative estimate of drug-likeness (QED) is 0.653. The van der Waals surface area contributed by atoms with E-state index >= 15 is 0 Å². The molecule has 9 nitrogen and oxygen atoms in total. The second-order valence-electron chi connectivity index (χ2n) is 7.51. The highest BCUT2D eigenvalue weighted by Gasteiger charge is 2.36. The molecule has 2 aromatic carbocycles. The number of hydrogen-bond acceptors (Lipinski definition) is 8. The Labute approximate surface area is 180 Å². The topological polar surface area (TPSA) is 76.4 Å². The molecule has 0 saturated carbocycles. The van der Waals surface area contributed by atoms with Crippen LogP contribution in [0.4, 0.5) is 5.95 Å². The molecule has 0 spiro atoms. The highest BCUT2D eigenvalue weighted by Crippen LogP contribution is 2.36. The number of imidazole rings is 1. The average Bonchev–Trinajstić information content (AvgIpc) is 3.21. The van der Waals surface area contributed by atoms with Crippen LogP contribution in [0, 0.1) is 0 Å². The third-order valence-corrected chi connectivity index (χ3v) is 5.70. The van der Waals surface area contributed by atoms with Crippen molar-refractivity contribution in [3.8, 4) is 11.5 Å². The number of nitrogens with zero attached hydrogens (tertiary/aromatic N) is 5. The zero-order valence-corrected chi connectivity index (χ0v) is 17.9. The Hall–Kier alpha value is -3.30. The number of guanidine groups is 1. The van der Waals surface area contributed by atoms with Gasteiger partial charge in [0, 0.05) is 13.7 Å². The predicted molar refractivity (Wildman–Crippen MR) is 119 cm³/mol. The number of ether oxygens (including phenoxy) is 3. The fraction of sp³-hybridized carbons (Fsp3) is 0.364. The molecule has 0 saturated heterocycles. The lowest BCUT2D eigenvalue weighted by Crippen LogP contribution is -2.57. The minimum atomic E-state index is -0.178. The number of hydrogen-bond donors (Lipinski definition) is 1. The first-order valence-electron chi connectivity index (χ1n) is 10.2. The first-order valence-corrected chi connectivity index (χ1v) is 10.2. The molecule has 2 aliphatic heterocycles. The van der Waals surface area contributed by atoms with Gasteiger partial charge in [-0.15, -0.1) is 0 Å². The van der Waals surface area contributed by atoms with Crippen molar-refractivity contribution in [3.05, 3.63) is 48.0 Å². The van der Waals surface area contributed by atoms with Crippen LogP contribution < -0.4 is 19.7 Å². The van der Waals surface area contributed by atoms with E-state index in [0.29, 0.717) is 31.4 Å². The number of para-hydroxylation sites is 2. The van der Waals surface area contributed by atoms with Crippen molar-refractivity contribution in [3.63, 3.8) is 0 Å². The van der Waals surface area contributed by atoms with Gasteiger partial charge in [0.2, 0.25) is 11.9 Å². The molecule has 5 rings (SSSR count). The SMILES string of the molecule is COCCN1CN=C2N[C@H](c3ccc(OC)c(OC)c3)n3c(nc4ccccc43)N2C1. The van der Waals surface area contributed by atoms with Gasteiger partial charge in [-0.25, -0.2) is 9.98 Å². The third kappa shape index (κ3) is 3.35. The van der Waals surface area contributed by atoms with Crippen molar-refractivity contribution in [1.29, 1.82) is 0 Å². The van der Waals surface area contributed by atoms with Crippen LogP contribution in [0.5, 0.6) is 11.5 Å². The van der Waals surface area contributed by atoms with Gasteiger partial charge in [-0.05, 0) is 29.8 Å². The van der Waals surface area contributed by atoms with Crippen LogP contribution in [0.25, 0.3) is 11.0 Å². The van der Waals surface area contributed by atoms with E-state index in [0.717, 1.165) is 35.0 Å². The lowest BCUT2D eigenvalue weighted by atomic mass is 10.1. The first-order chi connectivity index (χ1) is 15.2. The van der Waals surface area contributed by atoms with Gasteiger partial charge >= 0.3 is 0 Å². The molecule has 0 aliphatic carbocycles. The number of methoxy groups -OCH3 is 3. The van der Waals surface area contributed by atoms with E-state index in [2.05, 4.69) is 25.8 Å². The van der Waals surface area contributed by atoms with Crippen LogP contribution in [0.15, 0.2) is 47.5 Å². The minimum absolute atomic E-state index is 0.178. The third-order valence-electron chi connectivity index (χ3n) is 5.70. The summed E-state index contributed by atoms with van der Waals surface area (Å²) in [6.07, 6.45) is -0.178. The summed E-state index contributed by atoms with van der Waals surface area (Å²) in [5, 5.41) is 3.62. The van der Waals surface area contributed by atoms with Gasteiger partial charge in [0.15, 0.2) is 11.5 Å². The van der Waals surface area contributed by atoms with Gasteiger partial charge < -0.3 is 19.5 Å². The van der Waals surface area contributed by atoms with Crippen molar-refractivity contribution < 1.29 is 14.2 Å². The summed E-state index contributed by atoms with van der Waals surface area (Å²) in [7, 11) is 5.01. The lowest BCUT2D eigenvalue weighted by molar-refractivity contribution is 0.147. The molecule has 0 fully saturated rings. The van der Waals surface area contributed by atoms with E-state index in [1.165, 1.54) is 0 Å². The predicted octanol–water partition coefficient (Wildman–Crippen LogP) is 2.24. The molecule has 1 atom stereocenters. The number of aliphatic imine (C=N–C) groups is 1. The molecular formula is C22H26N6O3. The highest BCUT2D eigenvalue weighted by atomic mass is 16.5. The Balaban J connectivity index is 1.61. The summed E-state index contributed by atoms with van der Waals surface area (Å²) in [6, 6.07) is 14.1. The van der Waals surface area contributed by atoms with E-state index in [9.17, 15) is 0 Å². The summed E-state index contributed by atoms with van der Waals surface area (Å²) in [4.78, 5) is 14.1. The molecule has 162 valence electrons. The Bertz CT molecular complexity index is 1130. The number of fused-ring (bicyclic) bond motifs is 5. The molecule has 1 aromatic heterocycles. The number of aromatic nitrogens is 2. The van der Waals surface area contributed by atoms with Gasteiger partial charge in [0.05, 0.1) is 45.2 Å². The van der Waals surface area contributed by atoms with E-state index < -0.39 is 0 Å². The van der Waals surface area contributed by atoms with Crippen LogP contribution in [0.1, 0.15) is 11.7 Å². The molecule has 3 heterocycles. The van der Waals surface area contributed by atoms with Crippen LogP contribution >= 0.6 is 0 Å². The van der Waals surface area contributed by atoms with Crippen molar-refractivity contribution in [1.82, 2.24) is 19.8 Å². The van der Waals surface area contributed by atoms with E-state index in [1.807, 2.05) is 36.4 Å².